The van der Waals surface area contributed by atoms with Gasteiger partial charge in [-0.3, -0.25) is 4.79 Å². The van der Waals surface area contributed by atoms with Gasteiger partial charge < -0.3 is 4.74 Å². The molecule has 0 atom stereocenters. The van der Waals surface area contributed by atoms with E-state index in [4.69, 9.17) is 4.74 Å². The van der Waals surface area contributed by atoms with Gasteiger partial charge in [-0.05, 0) is 17.5 Å². The lowest BCUT2D eigenvalue weighted by atomic mass is 10.0. The maximum atomic E-state index is 12.5. The zero-order chi connectivity index (χ0) is 14.0. The van der Waals surface area contributed by atoms with Crippen LogP contribution in [0.25, 0.3) is 10.8 Å². The predicted octanol–water partition coefficient (Wildman–Crippen LogP) is 3.94. The van der Waals surface area contributed by atoms with E-state index >= 15 is 0 Å². The highest BCUT2D eigenvalue weighted by Gasteiger charge is 2.24. The summed E-state index contributed by atoms with van der Waals surface area (Å²) in [7, 11) is 0.542. The van der Waals surface area contributed by atoms with Gasteiger partial charge in [-0.15, -0.1) is 0 Å². The lowest BCUT2D eigenvalue weighted by molar-refractivity contribution is 0.102. The molecule has 2 aromatic carbocycles. The summed E-state index contributed by atoms with van der Waals surface area (Å²) in [5, 5.41) is 1.99. The largest absolute Gasteiger partial charge is 0.496 e. The fraction of sp³-hybridized carbons (Fsp3) is 0.312. The minimum absolute atomic E-state index is 0.236. The van der Waals surface area contributed by atoms with E-state index in [1.54, 1.807) is 7.11 Å². The second-order valence-electron chi connectivity index (χ2n) is 5.73. The van der Waals surface area contributed by atoms with Gasteiger partial charge in [0, 0.05) is 38.2 Å². The first kappa shape index (κ1) is 14.0. The van der Waals surface area contributed by atoms with E-state index in [1.165, 1.54) is 0 Å². The molecule has 0 heterocycles. The summed E-state index contributed by atoms with van der Waals surface area (Å²) in [6.45, 7) is 6.57. The monoisotopic (exact) mass is 275 g/mol. The summed E-state index contributed by atoms with van der Waals surface area (Å²) < 4.78 is 5.36. The van der Waals surface area contributed by atoms with Gasteiger partial charge in [0.05, 0.1) is 7.11 Å². The van der Waals surface area contributed by atoms with Crippen LogP contribution in [0.3, 0.4) is 0 Å². The van der Waals surface area contributed by atoms with Crippen LogP contribution in [0, 0.1) is 0 Å². The van der Waals surface area contributed by atoms with Crippen LogP contribution in [-0.4, -0.2) is 39.0 Å². The van der Waals surface area contributed by atoms with E-state index in [0.29, 0.717) is 6.16 Å². The van der Waals surface area contributed by atoms with Crippen LogP contribution in [0.1, 0.15) is 10.4 Å². The van der Waals surface area contributed by atoms with E-state index in [-0.39, 0.29) is 5.78 Å². The predicted molar refractivity (Wildman–Crippen MR) is 84.4 cm³/mol. The highest BCUT2D eigenvalue weighted by Crippen LogP contribution is 2.47. The number of ketones is 1. The molecule has 3 heteroatoms. The van der Waals surface area contributed by atoms with Crippen molar-refractivity contribution >= 4 is 23.8 Å². The molecule has 0 amide bonds. The molecule has 19 heavy (non-hydrogen) atoms. The quantitative estimate of drug-likeness (QED) is 0.624. The van der Waals surface area contributed by atoms with Crippen molar-refractivity contribution in [2.45, 2.75) is 0 Å². The Morgan fingerprint density at radius 2 is 1.68 bits per heavy atom. The molecule has 0 aliphatic heterocycles. The van der Waals surface area contributed by atoms with Gasteiger partial charge in [0.15, 0.2) is 5.78 Å². The summed E-state index contributed by atoms with van der Waals surface area (Å²) in [4.78, 5) is 12.5. The Morgan fingerprint density at radius 3 is 2.26 bits per heavy atom. The molecule has 0 spiro atoms. The van der Waals surface area contributed by atoms with Gasteiger partial charge in [-0.2, -0.15) is 0 Å². The Hall–Kier alpha value is -1.40. The number of carbonyl (C=O) groups is 1. The first-order chi connectivity index (χ1) is 8.92. The van der Waals surface area contributed by atoms with Crippen LogP contribution >= 0.6 is 7.26 Å². The minimum atomic E-state index is -1.11. The summed E-state index contributed by atoms with van der Waals surface area (Å²) in [5.74, 6) is 1.05. The van der Waals surface area contributed by atoms with Crippen LogP contribution in [0.4, 0.5) is 0 Å². The molecule has 2 nitrogen and oxygen atoms in total. The van der Waals surface area contributed by atoms with Crippen molar-refractivity contribution in [3.8, 4) is 5.75 Å². The van der Waals surface area contributed by atoms with Crippen molar-refractivity contribution in [1.82, 2.24) is 0 Å². The fourth-order valence-corrected chi connectivity index (χ4v) is 3.24. The van der Waals surface area contributed by atoms with Crippen LogP contribution in [-0.2, 0) is 0 Å². The van der Waals surface area contributed by atoms with Gasteiger partial charge >= 0.3 is 0 Å². The molecule has 0 radical (unpaired) electrons. The Morgan fingerprint density at radius 1 is 1.05 bits per heavy atom. The molecule has 0 aromatic heterocycles. The minimum Gasteiger partial charge on any atom is -0.496 e. The molecule has 2 rings (SSSR count). The molecular formula is C16H20O2P+. The number of fused-ring (bicyclic) bond motifs is 1. The zero-order valence-electron chi connectivity index (χ0n) is 11.9. The lowest BCUT2D eigenvalue weighted by Crippen LogP contribution is -2.09. The van der Waals surface area contributed by atoms with E-state index in [9.17, 15) is 4.79 Å². The maximum absolute atomic E-state index is 12.5. The molecule has 0 saturated heterocycles. The van der Waals surface area contributed by atoms with Crippen molar-refractivity contribution in [3.63, 3.8) is 0 Å². The van der Waals surface area contributed by atoms with Crippen molar-refractivity contribution < 1.29 is 9.53 Å². The van der Waals surface area contributed by atoms with E-state index in [2.05, 4.69) is 20.0 Å². The van der Waals surface area contributed by atoms with Crippen molar-refractivity contribution in [1.29, 1.82) is 0 Å². The van der Waals surface area contributed by atoms with Gasteiger partial charge in [-0.1, -0.05) is 24.3 Å². The van der Waals surface area contributed by atoms with Gasteiger partial charge in [0.25, 0.3) is 0 Å². The first-order valence-corrected chi connectivity index (χ1v) is 9.63. The molecule has 0 aliphatic rings. The molecule has 2 aromatic rings. The fourth-order valence-electron chi connectivity index (χ4n) is 2.21. The second kappa shape index (κ2) is 5.30. The Kier molecular flexibility index (Phi) is 3.91. The Labute approximate surface area is 115 Å². The second-order valence-corrected chi connectivity index (χ2v) is 10.6. The number of rotatable bonds is 4. The third-order valence-electron chi connectivity index (χ3n) is 3.02. The molecule has 0 N–H and O–H groups in total. The standard InChI is InChI=1S/C16H20O2P/c1-18-16-10-9-13(15(17)11-19(2,3)4)12-7-5-6-8-14(12)16/h5-10H,11H2,1-4H3/q+1. The number of hydrogen-bond acceptors (Lipinski definition) is 2. The molecule has 0 bridgehead atoms. The van der Waals surface area contributed by atoms with Crippen LogP contribution in [0.15, 0.2) is 36.4 Å². The van der Waals surface area contributed by atoms with Crippen molar-refractivity contribution in [3.05, 3.63) is 42.0 Å². The number of benzene rings is 2. The van der Waals surface area contributed by atoms with Gasteiger partial charge in [0.2, 0.25) is 0 Å². The van der Waals surface area contributed by atoms with Crippen LogP contribution < -0.4 is 4.74 Å². The molecule has 0 fully saturated rings. The molecule has 100 valence electrons. The highest BCUT2D eigenvalue weighted by molar-refractivity contribution is 7.74. The van der Waals surface area contributed by atoms with Gasteiger partial charge in [-0.25, -0.2) is 0 Å². The number of hydrogen-bond donors (Lipinski definition) is 0. The highest BCUT2D eigenvalue weighted by atomic mass is 31.2. The SMILES string of the molecule is COc1ccc(C(=O)C[P+](C)(C)C)c2ccccc12. The number of ether oxygens (including phenoxy) is 1. The van der Waals surface area contributed by atoms with E-state index in [1.807, 2.05) is 36.4 Å². The summed E-state index contributed by atoms with van der Waals surface area (Å²) in [6, 6.07) is 11.7. The van der Waals surface area contributed by atoms with Gasteiger partial charge in [0.1, 0.15) is 11.9 Å². The number of methoxy groups -OCH3 is 1. The van der Waals surface area contributed by atoms with E-state index < -0.39 is 7.26 Å². The molecule has 0 aliphatic carbocycles. The first-order valence-electron chi connectivity index (χ1n) is 6.32. The van der Waals surface area contributed by atoms with Crippen molar-refractivity contribution in [2.24, 2.45) is 0 Å². The maximum Gasteiger partial charge on any atom is 0.200 e. The average Bonchev–Trinajstić information content (AvgIpc) is 2.35. The molecule has 0 saturated carbocycles. The Bertz CT molecular complexity index is 612. The summed E-state index contributed by atoms with van der Waals surface area (Å²) in [6.07, 6.45) is 0.656. The lowest BCUT2D eigenvalue weighted by Gasteiger charge is -2.13. The molecular weight excluding hydrogens is 255 g/mol. The number of carbonyl (C=O) groups excluding carboxylic acids is 1. The third kappa shape index (κ3) is 3.13. The topological polar surface area (TPSA) is 26.3 Å². The summed E-state index contributed by atoms with van der Waals surface area (Å²) >= 11 is 0. The summed E-state index contributed by atoms with van der Waals surface area (Å²) in [5.41, 5.74) is 0.811. The van der Waals surface area contributed by atoms with Crippen LogP contribution in [0.5, 0.6) is 5.75 Å². The van der Waals surface area contributed by atoms with E-state index in [0.717, 1.165) is 22.1 Å². The number of Topliss-reactive ketones (excluding diaryl/α,β-unsaturated/α-hetero) is 1. The third-order valence-corrected chi connectivity index (χ3v) is 4.26. The molecule has 0 unspecified atom stereocenters. The Balaban J connectivity index is 2.53. The zero-order valence-corrected chi connectivity index (χ0v) is 12.8. The van der Waals surface area contributed by atoms with Crippen LogP contribution in [0.2, 0.25) is 0 Å². The normalized spacial score (nSPS) is 11.6. The average molecular weight is 275 g/mol. The smallest absolute Gasteiger partial charge is 0.200 e. The van der Waals surface area contributed by atoms with Crippen molar-refractivity contribution in [2.75, 3.05) is 33.3 Å².